The summed E-state index contributed by atoms with van der Waals surface area (Å²) in [5.41, 5.74) is 1.44. The number of ether oxygens (including phenoxy) is 1. The van der Waals surface area contributed by atoms with Gasteiger partial charge in [0, 0.05) is 24.8 Å². The third-order valence-corrected chi connectivity index (χ3v) is 4.55. The molecule has 0 spiro atoms. The molecule has 2 aliphatic heterocycles. The quantitative estimate of drug-likeness (QED) is 0.805. The number of nitrogens with zero attached hydrogens (tertiary/aromatic N) is 2. The van der Waals surface area contributed by atoms with E-state index in [1.165, 1.54) is 11.3 Å². The van der Waals surface area contributed by atoms with Crippen LogP contribution in [-0.4, -0.2) is 41.7 Å². The molecule has 0 radical (unpaired) electrons. The second-order valence-electron chi connectivity index (χ2n) is 4.51. The summed E-state index contributed by atoms with van der Waals surface area (Å²) in [6, 6.07) is 0. The molecule has 2 aromatic rings. The Balaban J connectivity index is 1.97. The van der Waals surface area contributed by atoms with Gasteiger partial charge in [0.1, 0.15) is 10.6 Å². The van der Waals surface area contributed by atoms with Gasteiger partial charge in [-0.25, -0.2) is 0 Å². The highest BCUT2D eigenvalue weighted by molar-refractivity contribution is 7.18. The minimum atomic E-state index is -0.165. The highest BCUT2D eigenvalue weighted by Crippen LogP contribution is 2.49. The molecule has 4 heterocycles. The van der Waals surface area contributed by atoms with Crippen LogP contribution < -0.4 is 15.0 Å². The molecule has 0 fully saturated rings. The number of hydrogen-bond acceptors (Lipinski definition) is 5. The van der Waals surface area contributed by atoms with Crippen LogP contribution in [0.25, 0.3) is 10.4 Å². The number of H-pyrrole nitrogens is 1. The fourth-order valence-electron chi connectivity index (χ4n) is 2.44. The number of nitrogens with one attached hydrogen (secondary N) is 2. The molecule has 0 aromatic carbocycles. The van der Waals surface area contributed by atoms with Gasteiger partial charge in [0.25, 0.3) is 11.8 Å². The van der Waals surface area contributed by atoms with Crippen LogP contribution in [0.1, 0.15) is 9.67 Å². The van der Waals surface area contributed by atoms with E-state index in [9.17, 15) is 9.59 Å². The Kier molecular flexibility index (Phi) is 2.34. The van der Waals surface area contributed by atoms with Crippen molar-refractivity contribution in [3.63, 3.8) is 0 Å². The second kappa shape index (κ2) is 4.07. The lowest BCUT2D eigenvalue weighted by Crippen LogP contribution is -2.40. The molecule has 0 saturated carbocycles. The molecule has 102 valence electrons. The molecule has 0 bridgehead atoms. The lowest BCUT2D eigenvalue weighted by molar-refractivity contribution is -0.121. The summed E-state index contributed by atoms with van der Waals surface area (Å²) in [6.45, 7) is 0.921. The molecular weight excluding hydrogens is 280 g/mol. The van der Waals surface area contributed by atoms with Crippen molar-refractivity contribution in [2.75, 3.05) is 24.6 Å². The van der Waals surface area contributed by atoms with Crippen molar-refractivity contribution in [2.24, 2.45) is 0 Å². The minimum absolute atomic E-state index is 0.00220. The number of aromatic amines is 1. The van der Waals surface area contributed by atoms with Crippen LogP contribution in [0.4, 0.5) is 5.69 Å². The largest absolute Gasteiger partial charge is 0.480 e. The van der Waals surface area contributed by atoms with Gasteiger partial charge < -0.3 is 15.0 Å². The molecule has 20 heavy (non-hydrogen) atoms. The van der Waals surface area contributed by atoms with Crippen molar-refractivity contribution >= 4 is 28.8 Å². The van der Waals surface area contributed by atoms with Crippen molar-refractivity contribution in [1.29, 1.82) is 0 Å². The van der Waals surface area contributed by atoms with E-state index in [4.69, 9.17) is 4.74 Å². The molecule has 4 rings (SSSR count). The molecule has 2 aliphatic rings. The molecule has 2 N–H and O–H groups in total. The summed E-state index contributed by atoms with van der Waals surface area (Å²) in [4.78, 5) is 27.1. The summed E-state index contributed by atoms with van der Waals surface area (Å²) in [5, 5.41) is 9.45. The molecular formula is C12H10N4O3S. The molecule has 7 nitrogen and oxygen atoms in total. The van der Waals surface area contributed by atoms with E-state index in [-0.39, 0.29) is 18.4 Å². The maximum absolute atomic E-state index is 12.1. The Morgan fingerprint density at radius 1 is 1.35 bits per heavy atom. The molecule has 2 aromatic heterocycles. The number of aromatic nitrogens is 2. The number of hydrogen-bond donors (Lipinski definition) is 2. The summed E-state index contributed by atoms with van der Waals surface area (Å²) in [7, 11) is 0. The zero-order valence-corrected chi connectivity index (χ0v) is 11.1. The van der Waals surface area contributed by atoms with E-state index in [0.29, 0.717) is 29.4 Å². The van der Waals surface area contributed by atoms with E-state index in [0.717, 1.165) is 10.4 Å². The third-order valence-electron chi connectivity index (χ3n) is 3.34. The standard InChI is InChI=1S/C12H10N4O3S/c17-7-5-19-9-8-11(12(18)13-1-2-16(7)8)20-10(9)6-3-14-15-4-6/h3-4H,1-2,5H2,(H,13,18)(H,14,15). The Hall–Kier alpha value is -2.35. The smallest absolute Gasteiger partial charge is 0.265 e. The van der Waals surface area contributed by atoms with Gasteiger partial charge in [-0.15, -0.1) is 11.3 Å². The van der Waals surface area contributed by atoms with Crippen LogP contribution in [-0.2, 0) is 4.79 Å². The van der Waals surface area contributed by atoms with Crippen molar-refractivity contribution in [1.82, 2.24) is 15.5 Å². The number of amides is 2. The van der Waals surface area contributed by atoms with E-state index in [1.54, 1.807) is 17.3 Å². The van der Waals surface area contributed by atoms with E-state index in [1.807, 2.05) is 0 Å². The predicted octanol–water partition coefficient (Wildman–Crippen LogP) is 0.607. The van der Waals surface area contributed by atoms with Crippen LogP contribution in [0.15, 0.2) is 12.4 Å². The molecule has 0 atom stereocenters. The number of rotatable bonds is 1. The van der Waals surface area contributed by atoms with Crippen molar-refractivity contribution in [3.8, 4) is 16.2 Å². The highest BCUT2D eigenvalue weighted by atomic mass is 32.1. The van der Waals surface area contributed by atoms with Gasteiger partial charge >= 0.3 is 0 Å². The van der Waals surface area contributed by atoms with Crippen molar-refractivity contribution in [3.05, 3.63) is 17.3 Å². The lowest BCUT2D eigenvalue weighted by atomic mass is 10.2. The Morgan fingerprint density at radius 2 is 2.25 bits per heavy atom. The predicted molar refractivity (Wildman–Crippen MR) is 72.1 cm³/mol. The Labute approximate surface area is 117 Å². The minimum Gasteiger partial charge on any atom is -0.480 e. The zero-order chi connectivity index (χ0) is 13.7. The summed E-state index contributed by atoms with van der Waals surface area (Å²) < 4.78 is 5.58. The van der Waals surface area contributed by atoms with Crippen LogP contribution >= 0.6 is 11.3 Å². The van der Waals surface area contributed by atoms with Crippen LogP contribution in [0.3, 0.4) is 0 Å². The van der Waals surface area contributed by atoms with Gasteiger partial charge in [0.05, 0.1) is 11.1 Å². The first-order valence-electron chi connectivity index (χ1n) is 6.13. The van der Waals surface area contributed by atoms with Crippen LogP contribution in [0.5, 0.6) is 5.75 Å². The zero-order valence-electron chi connectivity index (χ0n) is 10.3. The maximum atomic E-state index is 12.1. The normalized spacial score (nSPS) is 17.3. The first-order chi connectivity index (χ1) is 9.75. The molecule has 0 saturated heterocycles. The van der Waals surface area contributed by atoms with Gasteiger partial charge in [-0.3, -0.25) is 14.7 Å². The van der Waals surface area contributed by atoms with Gasteiger partial charge in [-0.2, -0.15) is 5.10 Å². The van der Waals surface area contributed by atoms with Gasteiger partial charge in [-0.05, 0) is 0 Å². The van der Waals surface area contributed by atoms with Crippen LogP contribution in [0.2, 0.25) is 0 Å². The highest BCUT2D eigenvalue weighted by Gasteiger charge is 2.37. The van der Waals surface area contributed by atoms with E-state index in [2.05, 4.69) is 15.5 Å². The summed E-state index contributed by atoms with van der Waals surface area (Å²) in [5.74, 6) is 0.316. The monoisotopic (exact) mass is 290 g/mol. The van der Waals surface area contributed by atoms with Crippen LogP contribution in [0, 0.1) is 0 Å². The van der Waals surface area contributed by atoms with Crippen molar-refractivity contribution in [2.45, 2.75) is 0 Å². The number of carbonyl (C=O) groups is 2. The van der Waals surface area contributed by atoms with Gasteiger partial charge in [-0.1, -0.05) is 0 Å². The maximum Gasteiger partial charge on any atom is 0.265 e. The topological polar surface area (TPSA) is 87.3 Å². The molecule has 0 aliphatic carbocycles. The Morgan fingerprint density at radius 3 is 3.05 bits per heavy atom. The van der Waals surface area contributed by atoms with E-state index < -0.39 is 0 Å². The first-order valence-corrected chi connectivity index (χ1v) is 6.94. The second-order valence-corrected chi connectivity index (χ2v) is 5.54. The fourth-order valence-corrected chi connectivity index (χ4v) is 3.59. The summed E-state index contributed by atoms with van der Waals surface area (Å²) in [6.07, 6.45) is 3.41. The average Bonchev–Trinajstić information content (AvgIpc) is 3.04. The fraction of sp³-hybridized carbons (Fsp3) is 0.250. The number of anilines is 1. The molecule has 2 amide bonds. The lowest BCUT2D eigenvalue weighted by Gasteiger charge is -2.26. The number of carbonyl (C=O) groups excluding carboxylic acids is 2. The third kappa shape index (κ3) is 1.48. The van der Waals surface area contributed by atoms with E-state index >= 15 is 0 Å². The Bertz CT molecular complexity index is 707. The number of thiophene rings is 1. The molecule has 8 heteroatoms. The average molecular weight is 290 g/mol. The van der Waals surface area contributed by atoms with Gasteiger partial charge in [0.2, 0.25) is 0 Å². The summed E-state index contributed by atoms with van der Waals surface area (Å²) >= 11 is 1.32. The van der Waals surface area contributed by atoms with Gasteiger partial charge in [0.15, 0.2) is 12.4 Å². The molecule has 0 unspecified atom stereocenters. The first kappa shape index (κ1) is 11.5. The van der Waals surface area contributed by atoms with Crippen molar-refractivity contribution < 1.29 is 14.3 Å². The SMILES string of the molecule is O=C1NCCN2C(=O)COc3c(-c4cn[nH]c4)sc1c32.